The average molecular weight is 605 g/mol. The molecule has 0 unspecified atom stereocenters. The van der Waals surface area contributed by atoms with Gasteiger partial charge in [-0.2, -0.15) is 0 Å². The first-order chi connectivity index (χ1) is 21.3. The van der Waals surface area contributed by atoms with E-state index in [1.54, 1.807) is 0 Å². The summed E-state index contributed by atoms with van der Waals surface area (Å²) in [6, 6.07) is 18.4. The van der Waals surface area contributed by atoms with Gasteiger partial charge in [0.2, 0.25) is 0 Å². The molecule has 0 amide bonds. The Morgan fingerprint density at radius 3 is 1.70 bits per heavy atom. The zero-order valence-electron chi connectivity index (χ0n) is 26.6. The zero-order chi connectivity index (χ0) is 31.7. The number of benzene rings is 2. The molecular formula is C38H52O6. The van der Waals surface area contributed by atoms with Crippen molar-refractivity contribution >= 4 is 11.9 Å². The second-order valence-corrected chi connectivity index (χ2v) is 12.4. The van der Waals surface area contributed by atoms with Gasteiger partial charge in [0.15, 0.2) is 0 Å². The molecule has 0 aliphatic heterocycles. The molecule has 3 rings (SSSR count). The predicted molar refractivity (Wildman–Crippen MR) is 175 cm³/mol. The number of esters is 2. The van der Waals surface area contributed by atoms with Gasteiger partial charge in [-0.1, -0.05) is 81.5 Å². The number of carbonyl (C=O) groups excluding carboxylic acids is 2. The predicted octanol–water partition coefficient (Wildman–Crippen LogP) is 7.06. The number of carbonyl (C=O) groups is 2. The van der Waals surface area contributed by atoms with E-state index >= 15 is 0 Å². The molecule has 0 heterocycles. The van der Waals surface area contributed by atoms with Crippen LogP contribution in [0.2, 0.25) is 0 Å². The van der Waals surface area contributed by atoms with Crippen LogP contribution in [0.25, 0.3) is 0 Å². The van der Waals surface area contributed by atoms with Gasteiger partial charge in [0.25, 0.3) is 0 Å². The molecule has 0 atom stereocenters. The van der Waals surface area contributed by atoms with Gasteiger partial charge >= 0.3 is 11.9 Å². The van der Waals surface area contributed by atoms with E-state index in [1.807, 2.05) is 0 Å². The zero-order valence-corrected chi connectivity index (χ0v) is 26.6. The van der Waals surface area contributed by atoms with Gasteiger partial charge in [0.1, 0.15) is 0 Å². The summed E-state index contributed by atoms with van der Waals surface area (Å²) in [4.78, 5) is 24.0. The average Bonchev–Trinajstić information content (AvgIpc) is 3.07. The van der Waals surface area contributed by atoms with Crippen molar-refractivity contribution in [1.82, 2.24) is 0 Å². The van der Waals surface area contributed by atoms with Crippen LogP contribution in [0.1, 0.15) is 92.9 Å². The summed E-state index contributed by atoms with van der Waals surface area (Å²) >= 11 is 0. The smallest absolute Gasteiger partial charge is 0.335 e. The third kappa shape index (κ3) is 12.0. The fourth-order valence-electron chi connectivity index (χ4n) is 5.89. The highest BCUT2D eigenvalue weighted by Crippen LogP contribution is 2.38. The van der Waals surface area contributed by atoms with E-state index < -0.39 is 25.2 Å². The highest BCUT2D eigenvalue weighted by molar-refractivity contribution is 5.88. The highest BCUT2D eigenvalue weighted by Gasteiger charge is 2.24. The van der Waals surface area contributed by atoms with Gasteiger partial charge in [-0.15, -0.1) is 0 Å². The Balaban J connectivity index is 1.42. The monoisotopic (exact) mass is 604 g/mol. The van der Waals surface area contributed by atoms with Crippen LogP contribution in [-0.4, -0.2) is 48.6 Å². The standard InChI is InChI=1S/C38H52O6/c1-4-5-6-7-30-8-10-31(11-9-30)12-13-32-16-20-35(21-17-32)36-22-18-33(19-23-36)14-15-34(26-43-37(41)28(2)24-39)27-44-38(42)29(3)25-40/h8-11,16-17,20-21,33-34,36,39-40H,2-7,12-15,18-19,22-27H2,1H3. The van der Waals surface area contributed by atoms with Crippen LogP contribution < -0.4 is 0 Å². The van der Waals surface area contributed by atoms with E-state index in [2.05, 4.69) is 68.6 Å². The summed E-state index contributed by atoms with van der Waals surface area (Å²) in [5.74, 6) is -0.344. The Morgan fingerprint density at radius 1 is 0.750 bits per heavy atom. The van der Waals surface area contributed by atoms with E-state index in [9.17, 15) is 9.59 Å². The van der Waals surface area contributed by atoms with Crippen LogP contribution in [0.15, 0.2) is 72.8 Å². The van der Waals surface area contributed by atoms with Crippen LogP contribution in [0.3, 0.4) is 0 Å². The Bertz CT molecular complexity index is 1140. The second-order valence-electron chi connectivity index (χ2n) is 12.4. The number of hydrogen-bond acceptors (Lipinski definition) is 6. The Labute approximate surface area is 264 Å². The van der Waals surface area contributed by atoms with Gasteiger partial charge in [0.05, 0.1) is 37.6 Å². The second kappa shape index (κ2) is 19.2. The maximum absolute atomic E-state index is 12.0. The minimum atomic E-state index is -0.651. The fourth-order valence-corrected chi connectivity index (χ4v) is 5.89. The van der Waals surface area contributed by atoms with E-state index in [1.165, 1.54) is 47.9 Å². The maximum atomic E-state index is 12.0. The number of unbranched alkanes of at least 4 members (excludes halogenated alkanes) is 2. The molecule has 1 aliphatic carbocycles. The van der Waals surface area contributed by atoms with Gasteiger partial charge < -0.3 is 19.7 Å². The van der Waals surface area contributed by atoms with E-state index in [0.717, 1.165) is 51.4 Å². The molecule has 1 saturated carbocycles. The van der Waals surface area contributed by atoms with Crippen molar-refractivity contribution in [2.75, 3.05) is 26.4 Å². The van der Waals surface area contributed by atoms with Gasteiger partial charge in [-0.25, -0.2) is 9.59 Å². The molecule has 2 aromatic rings. The summed E-state index contributed by atoms with van der Waals surface area (Å²) < 4.78 is 10.6. The first kappa shape index (κ1) is 35.3. The summed E-state index contributed by atoms with van der Waals surface area (Å²) in [5.41, 5.74) is 5.63. The maximum Gasteiger partial charge on any atom is 0.335 e. The molecule has 6 heteroatoms. The lowest BCUT2D eigenvalue weighted by Gasteiger charge is -2.30. The van der Waals surface area contributed by atoms with E-state index in [-0.39, 0.29) is 30.3 Å². The Hall–Kier alpha value is -3.22. The lowest BCUT2D eigenvalue weighted by Crippen LogP contribution is -2.24. The van der Waals surface area contributed by atoms with Crippen LogP contribution in [0, 0.1) is 11.8 Å². The highest BCUT2D eigenvalue weighted by atomic mass is 16.5. The number of aliphatic hydroxyl groups is 2. The molecule has 0 saturated heterocycles. The molecule has 6 nitrogen and oxygen atoms in total. The van der Waals surface area contributed by atoms with Crippen molar-refractivity contribution in [3.63, 3.8) is 0 Å². The number of rotatable bonds is 19. The quantitative estimate of drug-likeness (QED) is 0.101. The Kier molecular flexibility index (Phi) is 15.4. The molecular weight excluding hydrogens is 552 g/mol. The summed E-state index contributed by atoms with van der Waals surface area (Å²) in [6.45, 7) is 8.46. The van der Waals surface area contributed by atoms with Crippen molar-refractivity contribution in [2.24, 2.45) is 11.8 Å². The van der Waals surface area contributed by atoms with Crippen LogP contribution in [-0.2, 0) is 38.3 Å². The molecule has 2 aromatic carbocycles. The third-order valence-corrected chi connectivity index (χ3v) is 8.93. The van der Waals surface area contributed by atoms with Crippen molar-refractivity contribution in [3.05, 3.63) is 95.1 Å². The van der Waals surface area contributed by atoms with Crippen molar-refractivity contribution in [3.8, 4) is 0 Å². The molecule has 0 bridgehead atoms. The minimum absolute atomic E-state index is 0.0106. The summed E-state index contributed by atoms with van der Waals surface area (Å²) in [5, 5.41) is 18.2. The van der Waals surface area contributed by atoms with Crippen LogP contribution in [0.5, 0.6) is 0 Å². The van der Waals surface area contributed by atoms with Crippen molar-refractivity contribution in [1.29, 1.82) is 0 Å². The van der Waals surface area contributed by atoms with Crippen LogP contribution in [0.4, 0.5) is 0 Å². The number of aliphatic hydroxyl groups excluding tert-OH is 2. The van der Waals surface area contributed by atoms with Gasteiger partial charge in [-0.05, 0) is 98.3 Å². The Morgan fingerprint density at radius 2 is 1.23 bits per heavy atom. The summed E-state index contributed by atoms with van der Waals surface area (Å²) in [7, 11) is 0. The molecule has 44 heavy (non-hydrogen) atoms. The molecule has 1 aliphatic rings. The normalized spacial score (nSPS) is 16.5. The van der Waals surface area contributed by atoms with Gasteiger partial charge in [0, 0.05) is 5.92 Å². The van der Waals surface area contributed by atoms with E-state index in [0.29, 0.717) is 11.8 Å². The molecule has 0 aromatic heterocycles. The summed E-state index contributed by atoms with van der Waals surface area (Å²) in [6.07, 6.45) is 13.4. The van der Waals surface area contributed by atoms with Crippen LogP contribution >= 0.6 is 0 Å². The number of ether oxygens (including phenoxy) is 2. The number of aryl methyl sites for hydroxylation is 3. The lowest BCUT2D eigenvalue weighted by atomic mass is 9.76. The van der Waals surface area contributed by atoms with Gasteiger partial charge in [-0.3, -0.25) is 0 Å². The molecule has 2 N–H and O–H groups in total. The van der Waals surface area contributed by atoms with Crippen molar-refractivity contribution < 1.29 is 29.3 Å². The fraction of sp³-hybridized carbons (Fsp3) is 0.526. The molecule has 240 valence electrons. The topological polar surface area (TPSA) is 93.1 Å². The van der Waals surface area contributed by atoms with Crippen molar-refractivity contribution in [2.45, 2.75) is 89.9 Å². The molecule has 1 fully saturated rings. The third-order valence-electron chi connectivity index (χ3n) is 8.93. The minimum Gasteiger partial charge on any atom is -0.462 e. The molecule has 0 spiro atoms. The lowest BCUT2D eigenvalue weighted by molar-refractivity contribution is -0.144. The number of hydrogen-bond donors (Lipinski definition) is 2. The largest absolute Gasteiger partial charge is 0.462 e. The molecule has 0 radical (unpaired) electrons. The first-order valence-corrected chi connectivity index (χ1v) is 16.4. The first-order valence-electron chi connectivity index (χ1n) is 16.4. The van der Waals surface area contributed by atoms with E-state index in [4.69, 9.17) is 19.7 Å². The SMILES string of the molecule is C=C(CO)C(=O)OCC(CCC1CCC(c2ccc(CCc3ccc(CCCCC)cc3)cc2)CC1)COC(=O)C(=C)CO.